The monoisotopic (exact) mass is 292 g/mol. The summed E-state index contributed by atoms with van der Waals surface area (Å²) in [5.74, 6) is -0.657. The molecule has 20 heavy (non-hydrogen) atoms. The molecule has 0 amide bonds. The smallest absolute Gasteiger partial charge is 0.435 e. The van der Waals surface area contributed by atoms with Gasteiger partial charge in [0, 0.05) is 0 Å². The lowest BCUT2D eigenvalue weighted by molar-refractivity contribution is 0.0630. The van der Waals surface area contributed by atoms with Gasteiger partial charge in [0.05, 0.1) is 13.2 Å². The molecule has 0 spiro atoms. The molecule has 0 aliphatic carbocycles. The van der Waals surface area contributed by atoms with Crippen molar-refractivity contribution in [2.24, 2.45) is 0 Å². The Labute approximate surface area is 114 Å². The van der Waals surface area contributed by atoms with E-state index in [0.717, 1.165) is 0 Å². The Morgan fingerprint density at radius 3 is 1.70 bits per heavy atom. The summed E-state index contributed by atoms with van der Waals surface area (Å²) in [4.78, 5) is 29.7. The number of carbonyl (C=O) groups excluding carboxylic acids is 2. The van der Waals surface area contributed by atoms with Gasteiger partial charge in [0.25, 0.3) is 0 Å². The average Bonchev–Trinajstić information content (AvgIpc) is 3.05. The first-order chi connectivity index (χ1) is 9.60. The lowest BCUT2D eigenvalue weighted by atomic mass is 10.8. The molecule has 9 nitrogen and oxygen atoms in total. The van der Waals surface area contributed by atoms with Crippen molar-refractivity contribution in [3.05, 3.63) is 23.1 Å². The number of ether oxygens (including phenoxy) is 4. The van der Waals surface area contributed by atoms with Gasteiger partial charge in [0.1, 0.15) is 25.7 Å². The second kappa shape index (κ2) is 11.6. The molecule has 0 N–H and O–H groups in total. The summed E-state index contributed by atoms with van der Waals surface area (Å²) in [6, 6.07) is 0. The molecular weight excluding hydrogens is 276 g/mol. The average molecular weight is 292 g/mol. The molecule has 0 bridgehead atoms. The van der Waals surface area contributed by atoms with Crippen LogP contribution >= 0.6 is 0 Å². The van der Waals surface area contributed by atoms with Crippen LogP contribution in [0.1, 0.15) is 13.8 Å². The van der Waals surface area contributed by atoms with E-state index in [2.05, 4.69) is 27.8 Å². The minimum atomic E-state index is -0.657. The van der Waals surface area contributed by atoms with E-state index in [0.29, 0.717) is 26.4 Å². The topological polar surface area (TPSA) is 114 Å². The minimum Gasteiger partial charge on any atom is -0.435 e. The van der Waals surface area contributed by atoms with Crippen LogP contribution in [0.3, 0.4) is 0 Å². The number of hydrogen-bond acceptors (Lipinski definition) is 9. The predicted molar refractivity (Wildman–Crippen MR) is 63.2 cm³/mol. The van der Waals surface area contributed by atoms with E-state index in [4.69, 9.17) is 0 Å². The largest absolute Gasteiger partial charge is 0.518 e. The highest BCUT2D eigenvalue weighted by molar-refractivity contribution is 5.61. The van der Waals surface area contributed by atoms with Gasteiger partial charge in [-0.15, -0.1) is 0 Å². The van der Waals surface area contributed by atoms with Crippen LogP contribution in [0.25, 0.3) is 0 Å². The van der Waals surface area contributed by atoms with Gasteiger partial charge in [-0.05, 0) is 13.8 Å². The van der Waals surface area contributed by atoms with Gasteiger partial charge in [0.2, 0.25) is 0 Å². The highest BCUT2D eigenvalue weighted by Gasteiger charge is 2.09. The molecule has 114 valence electrons. The van der Waals surface area contributed by atoms with Gasteiger partial charge in [-0.25, -0.2) is 14.4 Å². The minimum absolute atomic E-state index is 0.374. The van der Waals surface area contributed by atoms with Gasteiger partial charge in [-0.2, -0.15) is 0 Å². The number of cyclic esters (lactones) is 2. The molecule has 1 aromatic rings. The summed E-state index contributed by atoms with van der Waals surface area (Å²) >= 11 is 0. The van der Waals surface area contributed by atoms with Crippen LogP contribution in [0.5, 0.6) is 0 Å². The highest BCUT2D eigenvalue weighted by Crippen LogP contribution is 1.92. The van der Waals surface area contributed by atoms with Gasteiger partial charge in [0.15, 0.2) is 0 Å². The predicted octanol–water partition coefficient (Wildman–Crippen LogP) is 1.57. The molecule has 0 unspecified atom stereocenters. The molecule has 1 saturated heterocycles. The van der Waals surface area contributed by atoms with Crippen molar-refractivity contribution in [3.8, 4) is 0 Å². The van der Waals surface area contributed by atoms with E-state index in [1.807, 2.05) is 0 Å². The quantitative estimate of drug-likeness (QED) is 0.749. The zero-order chi connectivity index (χ0) is 15.2. The second-order valence-electron chi connectivity index (χ2n) is 2.82. The first-order valence-corrected chi connectivity index (χ1v) is 5.71. The molecule has 9 heteroatoms. The number of hydrogen-bond donors (Lipinski definition) is 0. The van der Waals surface area contributed by atoms with Crippen molar-refractivity contribution in [1.29, 1.82) is 0 Å². The molecule has 1 fully saturated rings. The zero-order valence-electron chi connectivity index (χ0n) is 11.2. The van der Waals surface area contributed by atoms with Crippen LogP contribution < -0.4 is 5.82 Å². The summed E-state index contributed by atoms with van der Waals surface area (Å²) in [7, 11) is 0. The molecule has 0 saturated carbocycles. The Balaban J connectivity index is 0.000000274. The van der Waals surface area contributed by atoms with Crippen molar-refractivity contribution in [3.63, 3.8) is 0 Å². The molecule has 2 rings (SSSR count). The van der Waals surface area contributed by atoms with E-state index in [9.17, 15) is 14.4 Å². The Hall–Kier alpha value is -2.45. The summed E-state index contributed by atoms with van der Waals surface area (Å²) in [6.07, 6.45) is 1.23. The molecule has 1 aromatic heterocycles. The highest BCUT2D eigenvalue weighted by atomic mass is 16.8. The van der Waals surface area contributed by atoms with Gasteiger partial charge >= 0.3 is 18.1 Å². The van der Waals surface area contributed by atoms with Crippen molar-refractivity contribution in [2.75, 3.05) is 26.4 Å². The molecule has 2 heterocycles. The number of carbonyl (C=O) groups is 2. The van der Waals surface area contributed by atoms with Crippen LogP contribution in [0.15, 0.2) is 26.2 Å². The maximum absolute atomic E-state index is 10.2. The van der Waals surface area contributed by atoms with Crippen LogP contribution in [-0.4, -0.2) is 38.7 Å². The summed E-state index contributed by atoms with van der Waals surface area (Å²) in [5.41, 5.74) is 0. The van der Waals surface area contributed by atoms with Crippen molar-refractivity contribution in [1.82, 2.24) is 0 Å². The SMILES string of the molecule is CCOC(=O)OCC.O=C1OCCO1.O=c1occo1. The van der Waals surface area contributed by atoms with Crippen LogP contribution in [0, 0.1) is 0 Å². The molecular formula is C11H16O9. The Bertz CT molecular complexity index is 387. The van der Waals surface area contributed by atoms with E-state index in [1.54, 1.807) is 13.8 Å². The second-order valence-corrected chi connectivity index (χ2v) is 2.82. The maximum Gasteiger partial charge on any atom is 0.518 e. The third-order valence-corrected chi connectivity index (χ3v) is 1.43. The van der Waals surface area contributed by atoms with E-state index in [-0.39, 0.29) is 0 Å². The molecule has 0 atom stereocenters. The van der Waals surface area contributed by atoms with Gasteiger partial charge < -0.3 is 27.8 Å². The molecule has 1 aliphatic heterocycles. The third-order valence-electron chi connectivity index (χ3n) is 1.43. The Kier molecular flexibility index (Phi) is 10.2. The fourth-order valence-electron chi connectivity index (χ4n) is 0.763. The third kappa shape index (κ3) is 10.7. The Morgan fingerprint density at radius 1 is 1.05 bits per heavy atom. The summed E-state index contributed by atoms with van der Waals surface area (Å²) < 4.78 is 25.6. The standard InChI is InChI=1S/C5H10O3.C3H4O3.C3H2O3/c1-3-7-5(6)8-4-2;2*4-3-5-1-2-6-3/h3-4H2,1-2H3;1-2H2;1-2H. The lowest BCUT2D eigenvalue weighted by Gasteiger charge is -1.98. The first kappa shape index (κ1) is 17.6. The zero-order valence-corrected chi connectivity index (χ0v) is 11.2. The van der Waals surface area contributed by atoms with Gasteiger partial charge in [-0.3, -0.25) is 0 Å². The van der Waals surface area contributed by atoms with E-state index in [1.165, 1.54) is 12.5 Å². The van der Waals surface area contributed by atoms with Crippen LogP contribution in [0.2, 0.25) is 0 Å². The van der Waals surface area contributed by atoms with E-state index >= 15 is 0 Å². The normalized spacial score (nSPS) is 11.8. The van der Waals surface area contributed by atoms with Crippen LogP contribution in [0.4, 0.5) is 9.59 Å². The van der Waals surface area contributed by atoms with E-state index < -0.39 is 18.1 Å². The summed E-state index contributed by atoms with van der Waals surface area (Å²) in [5, 5.41) is 0. The number of rotatable bonds is 2. The summed E-state index contributed by atoms with van der Waals surface area (Å²) in [6.45, 7) is 5.04. The fraction of sp³-hybridized carbons (Fsp3) is 0.545. The Morgan fingerprint density at radius 2 is 1.50 bits per heavy atom. The van der Waals surface area contributed by atoms with Crippen molar-refractivity contribution >= 4 is 12.3 Å². The molecule has 1 aliphatic rings. The van der Waals surface area contributed by atoms with Crippen LogP contribution in [-0.2, 0) is 18.9 Å². The van der Waals surface area contributed by atoms with Crippen molar-refractivity contribution in [2.45, 2.75) is 13.8 Å². The van der Waals surface area contributed by atoms with Crippen molar-refractivity contribution < 1.29 is 37.4 Å². The maximum atomic E-state index is 10.2. The molecule has 0 aromatic carbocycles. The fourth-order valence-corrected chi connectivity index (χ4v) is 0.763. The van der Waals surface area contributed by atoms with Gasteiger partial charge in [-0.1, -0.05) is 0 Å². The molecule has 0 radical (unpaired) electrons. The lowest BCUT2D eigenvalue weighted by Crippen LogP contribution is -2.05. The first-order valence-electron chi connectivity index (χ1n) is 5.71.